The van der Waals surface area contributed by atoms with Crippen LogP contribution < -0.4 is 0 Å². The van der Waals surface area contributed by atoms with E-state index in [1.165, 1.54) is 6.07 Å². The normalized spacial score (nSPS) is 13.0. The molecular formula is C13H18FN3. The average molecular weight is 235 g/mol. The predicted octanol–water partition coefficient (Wildman–Crippen LogP) is 3.51. The van der Waals surface area contributed by atoms with Gasteiger partial charge in [0.05, 0.1) is 17.1 Å². The minimum Gasteiger partial charge on any atom is -0.249 e. The highest BCUT2D eigenvalue weighted by molar-refractivity contribution is 5.97. The van der Waals surface area contributed by atoms with Crippen LogP contribution in [0.3, 0.4) is 0 Å². The smallest absolute Gasteiger partial charge is 0.144 e. The Kier molecular flexibility index (Phi) is 4.94. The van der Waals surface area contributed by atoms with E-state index in [9.17, 15) is 4.39 Å². The van der Waals surface area contributed by atoms with Gasteiger partial charge >= 0.3 is 0 Å². The highest BCUT2D eigenvalue weighted by Crippen LogP contribution is 2.06. The summed E-state index contributed by atoms with van der Waals surface area (Å²) in [5.41, 5.74) is 2.73. The molecular weight excluding hydrogens is 217 g/mol. The molecule has 1 rings (SSSR count). The number of hydrogen-bond acceptors (Lipinski definition) is 3. The van der Waals surface area contributed by atoms with Crippen molar-refractivity contribution >= 4 is 11.4 Å². The summed E-state index contributed by atoms with van der Waals surface area (Å²) in [7, 11) is 0. The zero-order valence-electron chi connectivity index (χ0n) is 10.8. The summed E-state index contributed by atoms with van der Waals surface area (Å²) in [6, 6.07) is 3.02. The number of pyridine rings is 1. The number of rotatable bonds is 4. The Morgan fingerprint density at radius 1 is 1.29 bits per heavy atom. The summed E-state index contributed by atoms with van der Waals surface area (Å²) >= 11 is 0. The first-order valence-electron chi connectivity index (χ1n) is 5.75. The molecule has 1 heterocycles. The van der Waals surface area contributed by atoms with Gasteiger partial charge in [-0.05, 0) is 39.3 Å². The fraction of sp³-hybridized carbons (Fsp3) is 0.462. The zero-order valence-corrected chi connectivity index (χ0v) is 10.8. The zero-order chi connectivity index (χ0) is 12.8. The minimum atomic E-state index is -0.299. The summed E-state index contributed by atoms with van der Waals surface area (Å²) < 4.78 is 13.0. The third-order valence-corrected chi connectivity index (χ3v) is 2.37. The largest absolute Gasteiger partial charge is 0.249 e. The maximum Gasteiger partial charge on any atom is 0.144 e. The summed E-state index contributed by atoms with van der Waals surface area (Å²) in [5.74, 6) is -0.299. The standard InChI is InChI=1S/C13H18FN3/c1-5-6-9(2)16-17-11(4)13-8-7-12(14)10(3)15-13/h7-8H,5-6H2,1-4H3/b16-9-,17-11-. The van der Waals surface area contributed by atoms with Crippen molar-refractivity contribution in [3.05, 3.63) is 29.3 Å². The third kappa shape index (κ3) is 4.06. The third-order valence-electron chi connectivity index (χ3n) is 2.37. The first-order valence-corrected chi connectivity index (χ1v) is 5.75. The van der Waals surface area contributed by atoms with Crippen LogP contribution in [0.15, 0.2) is 22.3 Å². The van der Waals surface area contributed by atoms with Gasteiger partial charge in [-0.25, -0.2) is 9.37 Å². The van der Waals surface area contributed by atoms with Gasteiger partial charge in [-0.15, -0.1) is 0 Å². The molecule has 0 bridgehead atoms. The molecule has 0 saturated carbocycles. The van der Waals surface area contributed by atoms with E-state index in [0.717, 1.165) is 18.6 Å². The van der Waals surface area contributed by atoms with Crippen LogP contribution in [0.5, 0.6) is 0 Å². The van der Waals surface area contributed by atoms with Crippen molar-refractivity contribution in [1.82, 2.24) is 4.98 Å². The first kappa shape index (κ1) is 13.5. The molecule has 0 spiro atoms. The fourth-order valence-electron chi connectivity index (χ4n) is 1.37. The lowest BCUT2D eigenvalue weighted by atomic mass is 10.2. The van der Waals surface area contributed by atoms with E-state index in [-0.39, 0.29) is 5.82 Å². The molecule has 0 aliphatic carbocycles. The monoisotopic (exact) mass is 235 g/mol. The lowest BCUT2D eigenvalue weighted by molar-refractivity contribution is 0.609. The van der Waals surface area contributed by atoms with E-state index in [2.05, 4.69) is 22.1 Å². The average Bonchev–Trinajstić information content (AvgIpc) is 2.30. The number of halogens is 1. The maximum atomic E-state index is 13.0. The molecule has 0 radical (unpaired) electrons. The second-order valence-electron chi connectivity index (χ2n) is 4.03. The van der Waals surface area contributed by atoms with E-state index < -0.39 is 0 Å². The van der Waals surface area contributed by atoms with E-state index in [1.54, 1.807) is 13.0 Å². The van der Waals surface area contributed by atoms with Gasteiger partial charge in [0.1, 0.15) is 5.82 Å². The topological polar surface area (TPSA) is 37.6 Å². The molecule has 17 heavy (non-hydrogen) atoms. The van der Waals surface area contributed by atoms with Crippen molar-refractivity contribution < 1.29 is 4.39 Å². The van der Waals surface area contributed by atoms with Crippen LogP contribution in [-0.2, 0) is 0 Å². The van der Waals surface area contributed by atoms with E-state index in [1.807, 2.05) is 13.8 Å². The molecule has 4 heteroatoms. The molecule has 0 atom stereocenters. The van der Waals surface area contributed by atoms with Crippen molar-refractivity contribution in [1.29, 1.82) is 0 Å². The van der Waals surface area contributed by atoms with E-state index in [0.29, 0.717) is 17.1 Å². The van der Waals surface area contributed by atoms with E-state index >= 15 is 0 Å². The van der Waals surface area contributed by atoms with E-state index in [4.69, 9.17) is 0 Å². The molecule has 0 saturated heterocycles. The van der Waals surface area contributed by atoms with Gasteiger partial charge in [-0.3, -0.25) is 0 Å². The van der Waals surface area contributed by atoms with Crippen molar-refractivity contribution in [3.63, 3.8) is 0 Å². The van der Waals surface area contributed by atoms with Crippen LogP contribution in [0.25, 0.3) is 0 Å². The summed E-state index contributed by atoms with van der Waals surface area (Å²) in [5, 5.41) is 8.22. The molecule has 0 fully saturated rings. The summed E-state index contributed by atoms with van der Waals surface area (Å²) in [6.45, 7) is 7.50. The maximum absolute atomic E-state index is 13.0. The van der Waals surface area contributed by atoms with Gasteiger partial charge in [-0.1, -0.05) is 13.3 Å². The Bertz CT molecular complexity index is 450. The van der Waals surface area contributed by atoms with Crippen LogP contribution in [-0.4, -0.2) is 16.4 Å². The quantitative estimate of drug-likeness (QED) is 0.581. The number of aromatic nitrogens is 1. The predicted molar refractivity (Wildman–Crippen MR) is 69.2 cm³/mol. The van der Waals surface area contributed by atoms with Crippen molar-refractivity contribution in [2.75, 3.05) is 0 Å². The minimum absolute atomic E-state index is 0.299. The van der Waals surface area contributed by atoms with Gasteiger partial charge in [0.15, 0.2) is 0 Å². The highest BCUT2D eigenvalue weighted by atomic mass is 19.1. The molecule has 0 N–H and O–H groups in total. The Morgan fingerprint density at radius 2 is 2.00 bits per heavy atom. The van der Waals surface area contributed by atoms with Crippen molar-refractivity contribution in [3.8, 4) is 0 Å². The number of aryl methyl sites for hydroxylation is 1. The van der Waals surface area contributed by atoms with Crippen LogP contribution in [0.1, 0.15) is 45.0 Å². The van der Waals surface area contributed by atoms with Gasteiger partial charge in [-0.2, -0.15) is 10.2 Å². The fourth-order valence-corrected chi connectivity index (χ4v) is 1.37. The number of hydrogen-bond donors (Lipinski definition) is 0. The van der Waals surface area contributed by atoms with Gasteiger partial charge in [0.25, 0.3) is 0 Å². The van der Waals surface area contributed by atoms with Crippen molar-refractivity contribution in [2.45, 2.75) is 40.5 Å². The first-order chi connectivity index (χ1) is 8.04. The molecule has 0 aromatic carbocycles. The lowest BCUT2D eigenvalue weighted by Gasteiger charge is -2.01. The summed E-state index contributed by atoms with van der Waals surface area (Å²) in [4.78, 5) is 4.12. The Labute approximate surface area is 101 Å². The summed E-state index contributed by atoms with van der Waals surface area (Å²) in [6.07, 6.45) is 1.99. The Morgan fingerprint density at radius 3 is 2.59 bits per heavy atom. The molecule has 1 aromatic heterocycles. The molecule has 0 aliphatic heterocycles. The van der Waals surface area contributed by atoms with Crippen LogP contribution in [0, 0.1) is 12.7 Å². The Balaban J connectivity index is 2.88. The van der Waals surface area contributed by atoms with Crippen LogP contribution in [0.4, 0.5) is 4.39 Å². The lowest BCUT2D eigenvalue weighted by Crippen LogP contribution is -2.01. The molecule has 1 aromatic rings. The SMILES string of the molecule is CCC/C(C)=N\N=C(\C)c1ccc(F)c(C)n1. The van der Waals surface area contributed by atoms with Crippen LogP contribution >= 0.6 is 0 Å². The molecule has 92 valence electrons. The Hall–Kier alpha value is -1.58. The highest BCUT2D eigenvalue weighted by Gasteiger charge is 2.03. The van der Waals surface area contributed by atoms with Gasteiger partial charge in [0.2, 0.25) is 0 Å². The molecule has 3 nitrogen and oxygen atoms in total. The van der Waals surface area contributed by atoms with Crippen LogP contribution in [0.2, 0.25) is 0 Å². The van der Waals surface area contributed by atoms with Crippen molar-refractivity contribution in [2.24, 2.45) is 10.2 Å². The van der Waals surface area contributed by atoms with Gasteiger partial charge < -0.3 is 0 Å². The second-order valence-corrected chi connectivity index (χ2v) is 4.03. The molecule has 0 amide bonds. The van der Waals surface area contributed by atoms with Gasteiger partial charge in [0, 0.05) is 5.71 Å². The number of nitrogens with zero attached hydrogens (tertiary/aromatic N) is 3. The second kappa shape index (κ2) is 6.23. The molecule has 0 aliphatic rings. The molecule has 0 unspecified atom stereocenters.